The Balaban J connectivity index is 0.000000333. The fraction of sp³-hybridized carbons (Fsp3) is 0.500. The molecule has 1 aromatic heterocycles. The van der Waals surface area contributed by atoms with E-state index in [1.54, 1.807) is 24.5 Å². The average molecular weight is 586 g/mol. The molecule has 1 saturated heterocycles. The molecule has 0 bridgehead atoms. The number of nitrogens with one attached hydrogen (secondary N) is 2. The molecular formula is C26H35BrClFN4O3. The lowest BCUT2D eigenvalue weighted by Gasteiger charge is -2.26. The third-order valence-electron chi connectivity index (χ3n) is 5.37. The van der Waals surface area contributed by atoms with E-state index in [9.17, 15) is 14.4 Å². The van der Waals surface area contributed by atoms with Gasteiger partial charge in [-0.25, -0.2) is 4.39 Å². The molecule has 0 saturated carbocycles. The molecule has 1 aromatic carbocycles. The lowest BCUT2D eigenvalue weighted by molar-refractivity contribution is -0.109. The van der Waals surface area contributed by atoms with E-state index in [1.165, 1.54) is 6.07 Å². The van der Waals surface area contributed by atoms with Gasteiger partial charge in [-0.2, -0.15) is 5.26 Å². The van der Waals surface area contributed by atoms with E-state index in [2.05, 4.69) is 58.4 Å². The number of amides is 1. The molecule has 7 nitrogen and oxygen atoms in total. The van der Waals surface area contributed by atoms with Gasteiger partial charge in [0.1, 0.15) is 5.82 Å². The van der Waals surface area contributed by atoms with Gasteiger partial charge < -0.3 is 20.8 Å². The fourth-order valence-electron chi connectivity index (χ4n) is 3.70. The quantitative estimate of drug-likeness (QED) is 0.282. The molecule has 1 aliphatic rings. The second kappa shape index (κ2) is 16.6. The van der Waals surface area contributed by atoms with Crippen molar-refractivity contribution in [2.75, 3.05) is 19.7 Å². The molecule has 0 aliphatic carbocycles. The van der Waals surface area contributed by atoms with Crippen molar-refractivity contribution in [2.24, 2.45) is 11.3 Å². The second-order valence-corrected chi connectivity index (χ2v) is 10.9. The number of rotatable bonds is 7. The van der Waals surface area contributed by atoms with Crippen LogP contribution in [0.2, 0.25) is 5.02 Å². The Labute approximate surface area is 226 Å². The normalized spacial score (nSPS) is 19.6. The first-order valence-electron chi connectivity index (χ1n) is 11.6. The molecule has 4 atom stereocenters. The zero-order valence-electron chi connectivity index (χ0n) is 20.8. The van der Waals surface area contributed by atoms with E-state index in [1.807, 2.05) is 12.1 Å². The van der Waals surface area contributed by atoms with Gasteiger partial charge in [-0.05, 0) is 57.9 Å². The summed E-state index contributed by atoms with van der Waals surface area (Å²) in [6, 6.07) is 11.3. The van der Waals surface area contributed by atoms with Gasteiger partial charge in [-0.3, -0.25) is 9.78 Å². The van der Waals surface area contributed by atoms with Crippen molar-refractivity contribution >= 4 is 33.9 Å². The van der Waals surface area contributed by atoms with Gasteiger partial charge in [0.25, 0.3) is 0 Å². The molecule has 1 fully saturated rings. The minimum absolute atomic E-state index is 0.100. The maximum atomic E-state index is 14.2. The largest absolute Gasteiger partial charge is 0.394 e. The van der Waals surface area contributed by atoms with Crippen molar-refractivity contribution in [3.63, 3.8) is 0 Å². The van der Waals surface area contributed by atoms with Crippen LogP contribution in [0.4, 0.5) is 4.39 Å². The lowest BCUT2D eigenvalue weighted by atomic mass is 9.79. The molecule has 4 unspecified atom stereocenters. The van der Waals surface area contributed by atoms with Crippen LogP contribution in [0.15, 0.2) is 47.2 Å². The number of hydrogen-bond donors (Lipinski definition) is 4. The van der Waals surface area contributed by atoms with Crippen LogP contribution in [0.25, 0.3) is 0 Å². The van der Waals surface area contributed by atoms with Crippen LogP contribution in [-0.2, 0) is 4.79 Å². The van der Waals surface area contributed by atoms with E-state index in [-0.39, 0.29) is 34.9 Å². The molecule has 2 heterocycles. The highest BCUT2D eigenvalue weighted by Gasteiger charge is 2.39. The van der Waals surface area contributed by atoms with Crippen molar-refractivity contribution in [3.8, 4) is 6.07 Å². The predicted molar refractivity (Wildman–Crippen MR) is 143 cm³/mol. The van der Waals surface area contributed by atoms with Gasteiger partial charge in [0, 0.05) is 41.9 Å². The summed E-state index contributed by atoms with van der Waals surface area (Å²) < 4.78 is 15.2. The number of benzene rings is 1. The lowest BCUT2D eigenvalue weighted by Crippen LogP contribution is -2.31. The van der Waals surface area contributed by atoms with Gasteiger partial charge in [-0.15, -0.1) is 0 Å². The molecule has 1 aliphatic heterocycles. The van der Waals surface area contributed by atoms with E-state index >= 15 is 0 Å². The van der Waals surface area contributed by atoms with Crippen LogP contribution in [0.1, 0.15) is 45.1 Å². The van der Waals surface area contributed by atoms with Crippen molar-refractivity contribution in [1.29, 1.82) is 5.26 Å². The number of pyridine rings is 1. The Morgan fingerprint density at radius 2 is 2.11 bits per heavy atom. The molecular weight excluding hydrogens is 551 g/mol. The number of nitrogens with zero attached hydrogens (tertiary/aromatic N) is 2. The molecule has 198 valence electrons. The summed E-state index contributed by atoms with van der Waals surface area (Å²) in [5.41, 5.74) is 0.683. The summed E-state index contributed by atoms with van der Waals surface area (Å²) in [6.45, 7) is 7.23. The third kappa shape index (κ3) is 11.8. The van der Waals surface area contributed by atoms with Crippen molar-refractivity contribution in [3.05, 3.63) is 63.6 Å². The summed E-state index contributed by atoms with van der Waals surface area (Å²) >= 11 is 9.10. The molecule has 2 aromatic rings. The van der Waals surface area contributed by atoms with Crippen molar-refractivity contribution in [1.82, 2.24) is 15.6 Å². The Bertz CT molecular complexity index is 956. The van der Waals surface area contributed by atoms with Gasteiger partial charge in [0.2, 0.25) is 6.41 Å². The number of aliphatic hydroxyl groups excluding tert-OH is 2. The molecule has 36 heavy (non-hydrogen) atoms. The maximum Gasteiger partial charge on any atom is 0.207 e. The Morgan fingerprint density at radius 3 is 2.61 bits per heavy atom. The first kappa shape index (κ1) is 31.9. The second-order valence-electron chi connectivity index (χ2n) is 9.55. The van der Waals surface area contributed by atoms with Gasteiger partial charge in [0.05, 0.1) is 29.7 Å². The predicted octanol–water partition coefficient (Wildman–Crippen LogP) is 4.43. The van der Waals surface area contributed by atoms with E-state index in [4.69, 9.17) is 21.8 Å². The number of carbonyl (C=O) groups is 1. The first-order chi connectivity index (χ1) is 17.0. The van der Waals surface area contributed by atoms with Crippen LogP contribution in [0.3, 0.4) is 0 Å². The number of nitriles is 1. The van der Waals surface area contributed by atoms with Crippen molar-refractivity contribution < 1.29 is 19.4 Å². The first-order valence-corrected chi connectivity index (χ1v) is 12.8. The summed E-state index contributed by atoms with van der Waals surface area (Å²) in [5.74, 6) is -0.745. The SMILES string of the molecule is Brc1cccnc1.CC(C)(C)CC1NCC(c2cccc(Cl)c2F)C1C#N.O=CNCCC(O)CO. The van der Waals surface area contributed by atoms with Crippen LogP contribution < -0.4 is 10.6 Å². The number of aliphatic hydroxyl groups is 2. The minimum Gasteiger partial charge on any atom is -0.394 e. The van der Waals surface area contributed by atoms with Gasteiger partial charge in [0.15, 0.2) is 0 Å². The van der Waals surface area contributed by atoms with Crippen LogP contribution in [0.5, 0.6) is 0 Å². The molecule has 0 spiro atoms. The number of hydrogen-bond acceptors (Lipinski definition) is 6. The van der Waals surface area contributed by atoms with Gasteiger partial charge in [-0.1, -0.05) is 44.5 Å². The summed E-state index contributed by atoms with van der Waals surface area (Å²) in [5, 5.41) is 32.3. The Hall–Kier alpha value is -2.09. The highest BCUT2D eigenvalue weighted by molar-refractivity contribution is 9.10. The summed E-state index contributed by atoms with van der Waals surface area (Å²) in [7, 11) is 0. The number of aromatic nitrogens is 1. The molecule has 3 rings (SSSR count). The zero-order valence-corrected chi connectivity index (χ0v) is 23.1. The summed E-state index contributed by atoms with van der Waals surface area (Å²) in [6.07, 6.45) is 4.63. The zero-order chi connectivity index (χ0) is 27.1. The molecule has 4 N–H and O–H groups in total. The molecule has 0 radical (unpaired) electrons. The number of halogens is 3. The van der Waals surface area contributed by atoms with Gasteiger partial charge >= 0.3 is 0 Å². The minimum atomic E-state index is -0.711. The third-order valence-corrected chi connectivity index (χ3v) is 6.13. The highest BCUT2D eigenvalue weighted by Crippen LogP contribution is 2.38. The smallest absolute Gasteiger partial charge is 0.207 e. The summed E-state index contributed by atoms with van der Waals surface area (Å²) in [4.78, 5) is 13.5. The molecule has 1 amide bonds. The van der Waals surface area contributed by atoms with E-state index < -0.39 is 11.9 Å². The standard InChI is InChI=1S/C16H20ClFN2.C5H4BrN.C5H11NO3/c1-16(2,3)7-14-11(8-19)12(9-20-14)10-5-4-6-13(17)15(10)18;6-5-2-1-3-7-4-5;7-3-5(9)1-2-6-4-8/h4-6,11-12,14,20H,7,9H2,1-3H3;1-4H;4-5,7,9H,1-3H2,(H,6,8). The Morgan fingerprint density at radius 1 is 1.39 bits per heavy atom. The van der Waals surface area contributed by atoms with E-state index in [0.717, 1.165) is 10.9 Å². The van der Waals surface area contributed by atoms with Crippen LogP contribution in [-0.4, -0.2) is 53.4 Å². The monoisotopic (exact) mass is 584 g/mol. The molecule has 10 heteroatoms. The van der Waals surface area contributed by atoms with Crippen molar-refractivity contribution in [2.45, 2.75) is 51.7 Å². The fourth-order valence-corrected chi connectivity index (χ4v) is 4.16. The van der Waals surface area contributed by atoms with E-state index in [0.29, 0.717) is 31.5 Å². The van der Waals surface area contributed by atoms with Crippen LogP contribution >= 0.6 is 27.5 Å². The average Bonchev–Trinajstić information content (AvgIpc) is 3.22. The topological polar surface area (TPSA) is 118 Å². The highest BCUT2D eigenvalue weighted by atomic mass is 79.9. The number of carbonyl (C=O) groups excluding carboxylic acids is 1. The Kier molecular flexibility index (Phi) is 14.7. The maximum absolute atomic E-state index is 14.2. The van der Waals surface area contributed by atoms with Crippen LogP contribution in [0, 0.1) is 28.5 Å².